The molecule has 3 aromatic rings. The van der Waals surface area contributed by atoms with Gasteiger partial charge in [0.05, 0.1) is 24.4 Å². The van der Waals surface area contributed by atoms with Crippen molar-refractivity contribution in [3.05, 3.63) is 60.2 Å². The molecule has 0 spiro atoms. The Kier molecular flexibility index (Phi) is 6.62. The first kappa shape index (κ1) is 20.8. The number of rotatable bonds is 8. The Hall–Kier alpha value is -2.47. The highest BCUT2D eigenvalue weighted by Gasteiger charge is 2.25. The summed E-state index contributed by atoms with van der Waals surface area (Å²) in [6.45, 7) is 8.97. The van der Waals surface area contributed by atoms with Gasteiger partial charge in [0.25, 0.3) is 0 Å². The molecular formula is C25H31N3O2. The third-order valence-corrected chi connectivity index (χ3v) is 6.06. The number of para-hydroxylation sites is 1. The molecule has 4 rings (SSSR count). The van der Waals surface area contributed by atoms with Crippen molar-refractivity contribution in [3.63, 3.8) is 0 Å². The molecule has 2 aromatic carbocycles. The Labute approximate surface area is 178 Å². The van der Waals surface area contributed by atoms with E-state index in [4.69, 9.17) is 4.74 Å². The third-order valence-electron chi connectivity index (χ3n) is 6.06. The van der Waals surface area contributed by atoms with Gasteiger partial charge in [-0.05, 0) is 18.6 Å². The van der Waals surface area contributed by atoms with Gasteiger partial charge in [0.1, 0.15) is 0 Å². The van der Waals surface area contributed by atoms with E-state index in [1.54, 1.807) is 7.11 Å². The highest BCUT2D eigenvalue weighted by atomic mass is 16.5. The number of ether oxygens (including phenoxy) is 1. The summed E-state index contributed by atoms with van der Waals surface area (Å²) in [6.07, 6.45) is 0. The van der Waals surface area contributed by atoms with Gasteiger partial charge < -0.3 is 9.30 Å². The van der Waals surface area contributed by atoms with Crippen LogP contribution in [-0.4, -0.2) is 73.1 Å². The summed E-state index contributed by atoms with van der Waals surface area (Å²) in [7, 11) is 1.74. The zero-order chi connectivity index (χ0) is 20.9. The van der Waals surface area contributed by atoms with Gasteiger partial charge in [-0.25, -0.2) is 0 Å². The Morgan fingerprint density at radius 3 is 2.30 bits per heavy atom. The maximum absolute atomic E-state index is 13.6. The Balaban J connectivity index is 1.63. The van der Waals surface area contributed by atoms with Gasteiger partial charge in [-0.1, -0.05) is 48.5 Å². The molecule has 2 heterocycles. The topological polar surface area (TPSA) is 37.7 Å². The number of piperazine rings is 1. The lowest BCUT2D eigenvalue weighted by Gasteiger charge is -2.34. The summed E-state index contributed by atoms with van der Waals surface area (Å²) in [4.78, 5) is 18.3. The largest absolute Gasteiger partial charge is 0.383 e. The normalized spacial score (nSPS) is 15.7. The van der Waals surface area contributed by atoms with E-state index in [0.717, 1.165) is 73.6 Å². The average Bonchev–Trinajstić information content (AvgIpc) is 3.13. The van der Waals surface area contributed by atoms with Crippen LogP contribution in [0.3, 0.4) is 0 Å². The van der Waals surface area contributed by atoms with Gasteiger partial charge in [-0.15, -0.1) is 0 Å². The molecule has 1 fully saturated rings. The predicted molar refractivity (Wildman–Crippen MR) is 122 cm³/mol. The zero-order valence-corrected chi connectivity index (χ0v) is 18.0. The minimum absolute atomic E-state index is 0.211. The summed E-state index contributed by atoms with van der Waals surface area (Å²) in [5.41, 5.74) is 4.14. The molecule has 1 aliphatic rings. The molecule has 0 saturated carbocycles. The molecule has 5 nitrogen and oxygen atoms in total. The van der Waals surface area contributed by atoms with Crippen molar-refractivity contribution < 1.29 is 9.53 Å². The van der Waals surface area contributed by atoms with Gasteiger partial charge in [0.15, 0.2) is 5.78 Å². The number of benzene rings is 2. The molecule has 1 saturated heterocycles. The molecular weight excluding hydrogens is 374 g/mol. The van der Waals surface area contributed by atoms with Crippen LogP contribution in [0.2, 0.25) is 0 Å². The number of ketones is 1. The number of hydrogen-bond donors (Lipinski definition) is 0. The van der Waals surface area contributed by atoms with Gasteiger partial charge >= 0.3 is 0 Å². The number of Topliss-reactive ketones (excluding diaryl/α,β-unsaturated/α-hetero) is 1. The van der Waals surface area contributed by atoms with Crippen LogP contribution in [0.25, 0.3) is 22.2 Å². The van der Waals surface area contributed by atoms with Crippen LogP contribution in [0.5, 0.6) is 0 Å². The lowest BCUT2D eigenvalue weighted by molar-refractivity contribution is 0.0789. The fraction of sp³-hybridized carbons (Fsp3) is 0.400. The number of aromatic nitrogens is 1. The average molecular weight is 406 g/mol. The molecule has 0 aliphatic carbocycles. The van der Waals surface area contributed by atoms with Crippen molar-refractivity contribution in [1.82, 2.24) is 14.4 Å². The maximum Gasteiger partial charge on any atom is 0.179 e. The van der Waals surface area contributed by atoms with Crippen LogP contribution in [0.1, 0.15) is 17.3 Å². The van der Waals surface area contributed by atoms with Gasteiger partial charge in [-0.3, -0.25) is 14.6 Å². The molecule has 0 bridgehead atoms. The van der Waals surface area contributed by atoms with Crippen LogP contribution in [0.15, 0.2) is 54.6 Å². The number of nitrogens with zero attached hydrogens (tertiary/aromatic N) is 3. The molecule has 0 amide bonds. The Morgan fingerprint density at radius 2 is 1.60 bits per heavy atom. The first-order chi connectivity index (χ1) is 14.7. The number of aryl methyl sites for hydroxylation is 1. The lowest BCUT2D eigenvalue weighted by Crippen LogP contribution is -2.48. The number of hydrogen-bond acceptors (Lipinski definition) is 4. The number of carbonyl (C=O) groups excluding carboxylic acids is 1. The van der Waals surface area contributed by atoms with Crippen LogP contribution in [0.4, 0.5) is 0 Å². The second-order valence-corrected chi connectivity index (χ2v) is 7.88. The quantitative estimate of drug-likeness (QED) is 0.535. The van der Waals surface area contributed by atoms with E-state index in [0.29, 0.717) is 6.54 Å². The van der Waals surface area contributed by atoms with Crippen molar-refractivity contribution in [2.45, 2.75) is 13.5 Å². The second-order valence-electron chi connectivity index (χ2n) is 7.88. The van der Waals surface area contributed by atoms with Crippen LogP contribution in [0, 0.1) is 0 Å². The van der Waals surface area contributed by atoms with Crippen molar-refractivity contribution in [3.8, 4) is 11.3 Å². The highest BCUT2D eigenvalue weighted by molar-refractivity contribution is 6.14. The van der Waals surface area contributed by atoms with E-state index < -0.39 is 0 Å². The van der Waals surface area contributed by atoms with Gasteiger partial charge in [0, 0.05) is 57.3 Å². The maximum atomic E-state index is 13.6. The second kappa shape index (κ2) is 9.56. The van der Waals surface area contributed by atoms with E-state index in [1.165, 1.54) is 0 Å². The Bertz CT molecular complexity index is 988. The molecule has 30 heavy (non-hydrogen) atoms. The summed E-state index contributed by atoms with van der Waals surface area (Å²) in [5.74, 6) is 0.211. The fourth-order valence-electron chi connectivity index (χ4n) is 4.48. The highest BCUT2D eigenvalue weighted by Crippen LogP contribution is 2.34. The molecule has 0 N–H and O–H groups in total. The fourth-order valence-corrected chi connectivity index (χ4v) is 4.48. The Morgan fingerprint density at radius 1 is 0.933 bits per heavy atom. The van der Waals surface area contributed by atoms with Gasteiger partial charge in [0.2, 0.25) is 0 Å². The first-order valence-corrected chi connectivity index (χ1v) is 10.9. The number of methoxy groups -OCH3 is 1. The standard InChI is InChI=1S/C25H31N3O2/c1-3-28-22-12-8-7-11-21(22)24(25(28)20-9-5-4-6-10-20)23(29)19-27-15-13-26(14-16-27)17-18-30-2/h4-12H,3,13-19H2,1-2H3. The summed E-state index contributed by atoms with van der Waals surface area (Å²) in [5, 5.41) is 1.06. The SMILES string of the molecule is CCn1c(-c2ccccc2)c(C(=O)CN2CCN(CCOC)CC2)c2ccccc21. The van der Waals surface area contributed by atoms with Crippen LogP contribution >= 0.6 is 0 Å². The van der Waals surface area contributed by atoms with Crippen molar-refractivity contribution in [2.24, 2.45) is 0 Å². The molecule has 5 heteroatoms. The summed E-state index contributed by atoms with van der Waals surface area (Å²) in [6, 6.07) is 18.6. The monoisotopic (exact) mass is 405 g/mol. The van der Waals surface area contributed by atoms with E-state index in [9.17, 15) is 4.79 Å². The molecule has 0 atom stereocenters. The van der Waals surface area contributed by atoms with E-state index in [-0.39, 0.29) is 5.78 Å². The third kappa shape index (κ3) is 4.19. The number of fused-ring (bicyclic) bond motifs is 1. The van der Waals surface area contributed by atoms with Crippen LogP contribution in [-0.2, 0) is 11.3 Å². The van der Waals surface area contributed by atoms with Crippen LogP contribution < -0.4 is 0 Å². The minimum Gasteiger partial charge on any atom is -0.383 e. The van der Waals surface area contributed by atoms with Crippen molar-refractivity contribution in [1.29, 1.82) is 0 Å². The predicted octanol–water partition coefficient (Wildman–Crippen LogP) is 3.77. The number of carbonyl (C=O) groups is 1. The lowest BCUT2D eigenvalue weighted by atomic mass is 10.0. The zero-order valence-electron chi connectivity index (χ0n) is 18.0. The van der Waals surface area contributed by atoms with Crippen molar-refractivity contribution in [2.75, 3.05) is 53.0 Å². The van der Waals surface area contributed by atoms with E-state index in [2.05, 4.69) is 51.6 Å². The van der Waals surface area contributed by atoms with Crippen molar-refractivity contribution >= 4 is 16.7 Å². The molecule has 1 aromatic heterocycles. The molecule has 0 unspecified atom stereocenters. The summed E-state index contributed by atoms with van der Waals surface area (Å²) < 4.78 is 7.47. The molecule has 0 radical (unpaired) electrons. The molecule has 1 aliphatic heterocycles. The first-order valence-electron chi connectivity index (χ1n) is 10.9. The molecule has 158 valence electrons. The van der Waals surface area contributed by atoms with E-state index in [1.807, 2.05) is 24.3 Å². The van der Waals surface area contributed by atoms with E-state index >= 15 is 0 Å². The van der Waals surface area contributed by atoms with Gasteiger partial charge in [-0.2, -0.15) is 0 Å². The minimum atomic E-state index is 0.211. The summed E-state index contributed by atoms with van der Waals surface area (Å²) >= 11 is 0. The smallest absolute Gasteiger partial charge is 0.179 e.